The van der Waals surface area contributed by atoms with Crippen LogP contribution >= 0.6 is 23.1 Å². The molecule has 0 aliphatic heterocycles. The molecule has 0 radical (unpaired) electrons. The zero-order chi connectivity index (χ0) is 18.5. The lowest BCUT2D eigenvalue weighted by Gasteiger charge is -2.09. The number of nitrogens with one attached hydrogen (secondary N) is 1. The van der Waals surface area contributed by atoms with Gasteiger partial charge in [0.05, 0.1) is 27.6 Å². The van der Waals surface area contributed by atoms with Crippen LogP contribution in [0.25, 0.3) is 10.2 Å². The van der Waals surface area contributed by atoms with Crippen LogP contribution in [-0.4, -0.2) is 28.7 Å². The fourth-order valence-corrected chi connectivity index (χ4v) is 4.08. The summed E-state index contributed by atoms with van der Waals surface area (Å²) in [5.41, 5.74) is 2.05. The minimum atomic E-state index is -0.371. The van der Waals surface area contributed by atoms with E-state index in [1.165, 1.54) is 11.8 Å². The number of carbonyl (C=O) groups excluding carboxylic acids is 2. The summed E-state index contributed by atoms with van der Waals surface area (Å²) in [5, 5.41) is 2.82. The molecule has 1 N–H and O–H groups in total. The second kappa shape index (κ2) is 8.33. The van der Waals surface area contributed by atoms with E-state index in [-0.39, 0.29) is 23.7 Å². The van der Waals surface area contributed by atoms with Crippen LogP contribution in [0.3, 0.4) is 0 Å². The van der Waals surface area contributed by atoms with Crippen molar-refractivity contribution in [3.8, 4) is 0 Å². The van der Waals surface area contributed by atoms with Crippen LogP contribution in [-0.2, 0) is 9.53 Å². The lowest BCUT2D eigenvalue weighted by Crippen LogP contribution is -2.14. The number of ether oxygens (including phenoxy) is 1. The molecule has 1 aromatic heterocycles. The van der Waals surface area contributed by atoms with Gasteiger partial charge in [-0.2, -0.15) is 0 Å². The number of anilines is 1. The monoisotopic (exact) mass is 386 g/mol. The molecule has 0 aliphatic carbocycles. The minimum absolute atomic E-state index is 0.119. The zero-order valence-corrected chi connectivity index (χ0v) is 16.0. The molecule has 7 heteroatoms. The summed E-state index contributed by atoms with van der Waals surface area (Å²) >= 11 is 2.99. The van der Waals surface area contributed by atoms with E-state index in [1.54, 1.807) is 49.4 Å². The first-order valence-electron chi connectivity index (χ1n) is 8.10. The highest BCUT2D eigenvalue weighted by molar-refractivity contribution is 8.01. The fraction of sp³-hybridized carbons (Fsp3) is 0.211. The number of carbonyl (C=O) groups is 2. The van der Waals surface area contributed by atoms with Crippen molar-refractivity contribution in [2.24, 2.45) is 0 Å². The van der Waals surface area contributed by atoms with Crippen LogP contribution in [0.15, 0.2) is 52.9 Å². The number of hydrogen-bond donors (Lipinski definition) is 1. The Balaban J connectivity index is 1.53. The van der Waals surface area contributed by atoms with E-state index >= 15 is 0 Å². The van der Waals surface area contributed by atoms with E-state index in [2.05, 4.69) is 10.3 Å². The van der Waals surface area contributed by atoms with Crippen LogP contribution in [0.4, 0.5) is 5.69 Å². The first kappa shape index (κ1) is 18.4. The van der Waals surface area contributed by atoms with Gasteiger partial charge < -0.3 is 10.1 Å². The van der Waals surface area contributed by atoms with Gasteiger partial charge in [0.15, 0.2) is 4.34 Å². The topological polar surface area (TPSA) is 68.3 Å². The lowest BCUT2D eigenvalue weighted by atomic mass is 10.2. The first-order chi connectivity index (χ1) is 12.5. The van der Waals surface area contributed by atoms with Gasteiger partial charge in [-0.3, -0.25) is 4.79 Å². The summed E-state index contributed by atoms with van der Waals surface area (Å²) in [6, 6.07) is 14.6. The number of esters is 1. The van der Waals surface area contributed by atoms with Gasteiger partial charge >= 0.3 is 5.97 Å². The molecule has 0 saturated heterocycles. The number of hydrogen-bond acceptors (Lipinski definition) is 6. The molecule has 3 rings (SSSR count). The van der Waals surface area contributed by atoms with E-state index in [1.807, 2.05) is 24.3 Å². The molecule has 0 atom stereocenters. The molecule has 0 aliphatic rings. The number of thiazole rings is 1. The number of aromatic nitrogens is 1. The third-order valence-corrected chi connectivity index (χ3v) is 5.53. The van der Waals surface area contributed by atoms with Gasteiger partial charge in [-0.05, 0) is 50.2 Å². The highest BCUT2D eigenvalue weighted by atomic mass is 32.2. The maximum atomic E-state index is 12.1. The molecule has 0 spiro atoms. The molecule has 1 amide bonds. The molecule has 134 valence electrons. The normalized spacial score (nSPS) is 10.9. The summed E-state index contributed by atoms with van der Waals surface area (Å²) < 4.78 is 7.11. The second-order valence-corrected chi connectivity index (χ2v) is 8.07. The minimum Gasteiger partial charge on any atom is -0.459 e. The Kier molecular flexibility index (Phi) is 5.90. The zero-order valence-electron chi connectivity index (χ0n) is 14.4. The van der Waals surface area contributed by atoms with Crippen LogP contribution in [0, 0.1) is 0 Å². The van der Waals surface area contributed by atoms with E-state index in [0.29, 0.717) is 11.3 Å². The molecule has 2 aromatic carbocycles. The number of rotatable bonds is 6. The number of benzene rings is 2. The van der Waals surface area contributed by atoms with Crippen molar-refractivity contribution in [1.82, 2.24) is 4.98 Å². The van der Waals surface area contributed by atoms with E-state index in [4.69, 9.17) is 4.74 Å². The number of fused-ring (bicyclic) bond motifs is 1. The van der Waals surface area contributed by atoms with Crippen molar-refractivity contribution in [2.75, 3.05) is 11.1 Å². The summed E-state index contributed by atoms with van der Waals surface area (Å²) in [7, 11) is 0. The summed E-state index contributed by atoms with van der Waals surface area (Å²) in [5.74, 6) is -0.215. The van der Waals surface area contributed by atoms with E-state index < -0.39 is 0 Å². The van der Waals surface area contributed by atoms with Gasteiger partial charge in [-0.1, -0.05) is 23.9 Å². The number of para-hydroxylation sites is 1. The maximum absolute atomic E-state index is 12.1. The SMILES string of the molecule is CC(C)OC(=O)c1ccc(NC(=O)CSc2nc3ccccc3s2)cc1. The molecular formula is C19H18N2O3S2. The Morgan fingerprint density at radius 2 is 1.88 bits per heavy atom. The number of thioether (sulfide) groups is 1. The molecule has 0 saturated carbocycles. The smallest absolute Gasteiger partial charge is 0.338 e. The third kappa shape index (κ3) is 4.83. The molecular weight excluding hydrogens is 368 g/mol. The predicted molar refractivity (Wildman–Crippen MR) is 106 cm³/mol. The number of amides is 1. The van der Waals surface area contributed by atoms with Crippen molar-refractivity contribution < 1.29 is 14.3 Å². The Bertz CT molecular complexity index is 887. The van der Waals surface area contributed by atoms with Crippen molar-refractivity contribution in [3.63, 3.8) is 0 Å². The van der Waals surface area contributed by atoms with Crippen molar-refractivity contribution in [3.05, 3.63) is 54.1 Å². The third-order valence-electron chi connectivity index (χ3n) is 3.35. The summed E-state index contributed by atoms with van der Waals surface area (Å²) in [6.45, 7) is 3.60. The average molecular weight is 386 g/mol. The molecule has 26 heavy (non-hydrogen) atoms. The average Bonchev–Trinajstić information content (AvgIpc) is 3.03. The van der Waals surface area contributed by atoms with Gasteiger partial charge in [0.2, 0.25) is 5.91 Å². The largest absolute Gasteiger partial charge is 0.459 e. The predicted octanol–water partition coefficient (Wildman–Crippen LogP) is 4.59. The number of nitrogens with zero attached hydrogens (tertiary/aromatic N) is 1. The van der Waals surface area contributed by atoms with Crippen molar-refractivity contribution >= 4 is 50.9 Å². The summed E-state index contributed by atoms with van der Waals surface area (Å²) in [4.78, 5) is 28.4. The van der Waals surface area contributed by atoms with Crippen LogP contribution in [0.5, 0.6) is 0 Å². The highest BCUT2D eigenvalue weighted by Gasteiger charge is 2.11. The molecule has 1 heterocycles. The van der Waals surface area contributed by atoms with Crippen LogP contribution in [0.1, 0.15) is 24.2 Å². The highest BCUT2D eigenvalue weighted by Crippen LogP contribution is 2.29. The van der Waals surface area contributed by atoms with Crippen molar-refractivity contribution in [2.45, 2.75) is 24.3 Å². The van der Waals surface area contributed by atoms with Crippen molar-refractivity contribution in [1.29, 1.82) is 0 Å². The quantitative estimate of drug-likeness (QED) is 0.496. The first-order valence-corrected chi connectivity index (χ1v) is 9.91. The Morgan fingerprint density at radius 3 is 2.58 bits per heavy atom. The lowest BCUT2D eigenvalue weighted by molar-refractivity contribution is -0.113. The maximum Gasteiger partial charge on any atom is 0.338 e. The van der Waals surface area contributed by atoms with Crippen LogP contribution in [0.2, 0.25) is 0 Å². The Morgan fingerprint density at radius 1 is 1.15 bits per heavy atom. The molecule has 5 nitrogen and oxygen atoms in total. The van der Waals surface area contributed by atoms with Gasteiger partial charge in [-0.15, -0.1) is 11.3 Å². The standard InChI is InChI=1S/C19H18N2O3S2/c1-12(2)24-18(23)13-7-9-14(10-8-13)20-17(22)11-25-19-21-15-5-3-4-6-16(15)26-19/h3-10,12H,11H2,1-2H3,(H,20,22). The van der Waals surface area contributed by atoms with E-state index in [9.17, 15) is 9.59 Å². The molecule has 0 bridgehead atoms. The Labute approximate surface area is 159 Å². The molecule has 3 aromatic rings. The van der Waals surface area contributed by atoms with Gasteiger partial charge in [0.1, 0.15) is 0 Å². The Hall–Kier alpha value is -2.38. The van der Waals surface area contributed by atoms with Gasteiger partial charge in [-0.25, -0.2) is 9.78 Å². The van der Waals surface area contributed by atoms with Gasteiger partial charge in [0.25, 0.3) is 0 Å². The van der Waals surface area contributed by atoms with Gasteiger partial charge in [0, 0.05) is 5.69 Å². The second-order valence-electron chi connectivity index (χ2n) is 5.82. The molecule has 0 unspecified atom stereocenters. The van der Waals surface area contributed by atoms with Crippen LogP contribution < -0.4 is 5.32 Å². The van der Waals surface area contributed by atoms with E-state index in [0.717, 1.165) is 14.6 Å². The molecule has 0 fully saturated rings. The fourth-order valence-electron chi connectivity index (χ4n) is 2.21. The summed E-state index contributed by atoms with van der Waals surface area (Å²) in [6.07, 6.45) is -0.165.